The Hall–Kier alpha value is -2.08. The number of halogens is 4. The van der Waals surface area contributed by atoms with Gasteiger partial charge in [0.15, 0.2) is 11.5 Å². The van der Waals surface area contributed by atoms with Crippen LogP contribution in [-0.2, 0) is 12.6 Å². The van der Waals surface area contributed by atoms with Crippen molar-refractivity contribution < 1.29 is 13.2 Å². The summed E-state index contributed by atoms with van der Waals surface area (Å²) in [5.74, 6) is 0.525. The van der Waals surface area contributed by atoms with Gasteiger partial charge in [0.05, 0.1) is 5.56 Å². The van der Waals surface area contributed by atoms with Gasteiger partial charge in [0.2, 0.25) is 0 Å². The molecule has 3 nitrogen and oxygen atoms in total. The molecule has 0 saturated heterocycles. The van der Waals surface area contributed by atoms with Gasteiger partial charge in [-0.25, -0.2) is 9.50 Å². The smallest absolute Gasteiger partial charge is 0.221 e. The van der Waals surface area contributed by atoms with Crippen LogP contribution in [0.3, 0.4) is 0 Å². The van der Waals surface area contributed by atoms with Gasteiger partial charge in [-0.05, 0) is 23.8 Å². The molecule has 0 saturated carbocycles. The first kappa shape index (κ1) is 13.9. The molecule has 0 aliphatic rings. The Morgan fingerprint density at radius 2 is 1.81 bits per heavy atom. The van der Waals surface area contributed by atoms with Gasteiger partial charge in [0.25, 0.3) is 0 Å². The van der Waals surface area contributed by atoms with Gasteiger partial charge in [-0.1, -0.05) is 23.7 Å². The molecular formula is C14H9ClF3N3. The van der Waals surface area contributed by atoms with Gasteiger partial charge >= 0.3 is 6.18 Å². The molecule has 0 aliphatic heterocycles. The Morgan fingerprint density at radius 1 is 1.10 bits per heavy atom. The maximum Gasteiger partial charge on any atom is 0.416 e. The second-order valence-corrected chi connectivity index (χ2v) is 4.98. The van der Waals surface area contributed by atoms with Crippen LogP contribution in [0.25, 0.3) is 5.65 Å². The highest BCUT2D eigenvalue weighted by molar-refractivity contribution is 6.30. The van der Waals surface area contributed by atoms with E-state index in [0.29, 0.717) is 28.5 Å². The Bertz CT molecular complexity index is 778. The van der Waals surface area contributed by atoms with Gasteiger partial charge in [-0.15, -0.1) is 0 Å². The number of pyridine rings is 1. The van der Waals surface area contributed by atoms with Gasteiger partial charge in [-0.3, -0.25) is 0 Å². The first-order valence-electron chi connectivity index (χ1n) is 6.09. The van der Waals surface area contributed by atoms with E-state index in [-0.39, 0.29) is 0 Å². The van der Waals surface area contributed by atoms with E-state index in [2.05, 4.69) is 10.1 Å². The summed E-state index contributed by atoms with van der Waals surface area (Å²) < 4.78 is 39.0. The van der Waals surface area contributed by atoms with E-state index in [1.54, 1.807) is 22.8 Å². The predicted molar refractivity (Wildman–Crippen MR) is 72.2 cm³/mol. The van der Waals surface area contributed by atoms with E-state index in [9.17, 15) is 13.2 Å². The van der Waals surface area contributed by atoms with E-state index in [1.807, 2.05) is 0 Å². The number of alkyl halides is 3. The minimum absolute atomic E-state index is 0.359. The maximum atomic E-state index is 12.5. The van der Waals surface area contributed by atoms with E-state index >= 15 is 0 Å². The van der Waals surface area contributed by atoms with Crippen molar-refractivity contribution in [2.75, 3.05) is 0 Å². The average Bonchev–Trinajstić information content (AvgIpc) is 2.79. The van der Waals surface area contributed by atoms with E-state index in [1.165, 1.54) is 12.1 Å². The highest BCUT2D eigenvalue weighted by Crippen LogP contribution is 2.29. The molecule has 0 amide bonds. The van der Waals surface area contributed by atoms with Crippen LogP contribution in [0.1, 0.15) is 17.0 Å². The lowest BCUT2D eigenvalue weighted by Crippen LogP contribution is -2.04. The van der Waals surface area contributed by atoms with E-state index in [4.69, 9.17) is 11.6 Å². The van der Waals surface area contributed by atoms with Crippen molar-refractivity contribution in [1.82, 2.24) is 14.6 Å². The van der Waals surface area contributed by atoms with Crippen LogP contribution in [0.4, 0.5) is 13.2 Å². The lowest BCUT2D eigenvalue weighted by molar-refractivity contribution is -0.137. The Labute approximate surface area is 123 Å². The Balaban J connectivity index is 1.84. The van der Waals surface area contributed by atoms with Crippen LogP contribution < -0.4 is 0 Å². The normalized spacial score (nSPS) is 12.0. The van der Waals surface area contributed by atoms with Crippen molar-refractivity contribution in [2.24, 2.45) is 0 Å². The zero-order valence-electron chi connectivity index (χ0n) is 10.6. The summed E-state index contributed by atoms with van der Waals surface area (Å²) in [4.78, 5) is 4.29. The third-order valence-corrected chi connectivity index (χ3v) is 3.22. The Morgan fingerprint density at radius 3 is 2.48 bits per heavy atom. The van der Waals surface area contributed by atoms with Gasteiger partial charge in [-0.2, -0.15) is 18.3 Å². The zero-order chi connectivity index (χ0) is 15.0. The number of benzene rings is 1. The first-order valence-corrected chi connectivity index (χ1v) is 6.46. The topological polar surface area (TPSA) is 30.2 Å². The molecule has 0 bridgehead atoms. The summed E-state index contributed by atoms with van der Waals surface area (Å²) in [6, 6.07) is 8.34. The molecule has 7 heteroatoms. The standard InChI is InChI=1S/C14H9ClF3N3/c15-11-5-6-21-13(8-11)19-12(20-21)7-9-1-3-10(4-2-9)14(16,17)18/h1-6,8H,7H2. The second-order valence-electron chi connectivity index (χ2n) is 4.55. The van der Waals surface area contributed by atoms with E-state index < -0.39 is 11.7 Å². The molecule has 2 aromatic heterocycles. The molecule has 0 fully saturated rings. The van der Waals surface area contributed by atoms with Crippen LogP contribution >= 0.6 is 11.6 Å². The minimum atomic E-state index is -4.32. The first-order chi connectivity index (χ1) is 9.91. The third-order valence-electron chi connectivity index (χ3n) is 2.99. The molecular weight excluding hydrogens is 303 g/mol. The van der Waals surface area contributed by atoms with Crippen molar-refractivity contribution in [2.45, 2.75) is 12.6 Å². The number of aromatic nitrogens is 3. The van der Waals surface area contributed by atoms with Crippen LogP contribution in [0.15, 0.2) is 42.6 Å². The molecule has 0 spiro atoms. The van der Waals surface area contributed by atoms with Gasteiger partial charge < -0.3 is 0 Å². The number of fused-ring (bicyclic) bond motifs is 1. The van der Waals surface area contributed by atoms with Crippen molar-refractivity contribution in [3.05, 3.63) is 64.6 Å². The SMILES string of the molecule is FC(F)(F)c1ccc(Cc2nc3cc(Cl)ccn3n2)cc1. The minimum Gasteiger partial charge on any atom is -0.221 e. The average molecular weight is 312 g/mol. The van der Waals surface area contributed by atoms with Crippen molar-refractivity contribution >= 4 is 17.2 Å². The molecule has 1 aromatic carbocycles. The van der Waals surface area contributed by atoms with Crippen molar-refractivity contribution in [3.8, 4) is 0 Å². The molecule has 0 unspecified atom stereocenters. The molecule has 3 aromatic rings. The number of nitrogens with zero attached hydrogens (tertiary/aromatic N) is 3. The monoisotopic (exact) mass is 311 g/mol. The zero-order valence-corrected chi connectivity index (χ0v) is 11.4. The summed E-state index contributed by atoms with van der Waals surface area (Å²) in [6.07, 6.45) is -2.28. The summed E-state index contributed by atoms with van der Waals surface area (Å²) in [7, 11) is 0. The molecule has 21 heavy (non-hydrogen) atoms. The molecule has 0 radical (unpaired) electrons. The summed E-state index contributed by atoms with van der Waals surface area (Å²) in [6.45, 7) is 0. The van der Waals surface area contributed by atoms with Gasteiger partial charge in [0, 0.05) is 23.7 Å². The highest BCUT2D eigenvalue weighted by atomic mass is 35.5. The number of hydrogen-bond acceptors (Lipinski definition) is 2. The second kappa shape index (κ2) is 5.04. The molecule has 3 rings (SSSR count). The third kappa shape index (κ3) is 3.00. The molecule has 0 atom stereocenters. The lowest BCUT2D eigenvalue weighted by atomic mass is 10.1. The molecule has 0 aliphatic carbocycles. The maximum absolute atomic E-state index is 12.5. The predicted octanol–water partition coefficient (Wildman–Crippen LogP) is 3.99. The molecule has 0 N–H and O–H groups in total. The largest absolute Gasteiger partial charge is 0.416 e. The highest BCUT2D eigenvalue weighted by Gasteiger charge is 2.29. The quantitative estimate of drug-likeness (QED) is 0.716. The Kier molecular flexibility index (Phi) is 3.33. The number of rotatable bonds is 2. The van der Waals surface area contributed by atoms with Crippen molar-refractivity contribution in [1.29, 1.82) is 0 Å². The van der Waals surface area contributed by atoms with Crippen molar-refractivity contribution in [3.63, 3.8) is 0 Å². The van der Waals surface area contributed by atoms with E-state index in [0.717, 1.165) is 12.1 Å². The van der Waals surface area contributed by atoms with Crippen LogP contribution in [0, 0.1) is 0 Å². The molecule has 108 valence electrons. The fraction of sp³-hybridized carbons (Fsp3) is 0.143. The fourth-order valence-corrected chi connectivity index (χ4v) is 2.13. The summed E-state index contributed by atoms with van der Waals surface area (Å²) in [5, 5.41) is 4.80. The lowest BCUT2D eigenvalue weighted by Gasteiger charge is -2.06. The van der Waals surface area contributed by atoms with Gasteiger partial charge in [0.1, 0.15) is 0 Å². The van der Waals surface area contributed by atoms with Crippen LogP contribution in [-0.4, -0.2) is 14.6 Å². The van der Waals surface area contributed by atoms with Crippen LogP contribution in [0.5, 0.6) is 0 Å². The molecule has 2 heterocycles. The number of hydrogen-bond donors (Lipinski definition) is 0. The summed E-state index contributed by atoms with van der Waals surface area (Å²) in [5.41, 5.74) is 0.649. The summed E-state index contributed by atoms with van der Waals surface area (Å²) >= 11 is 5.86. The fourth-order valence-electron chi connectivity index (χ4n) is 1.97. The van der Waals surface area contributed by atoms with Crippen LogP contribution in [0.2, 0.25) is 5.02 Å².